The molecule has 2 N–H and O–H groups in total. The van der Waals surface area contributed by atoms with Gasteiger partial charge in [-0.25, -0.2) is 4.79 Å². The van der Waals surface area contributed by atoms with Gasteiger partial charge in [0, 0.05) is 21.4 Å². The van der Waals surface area contributed by atoms with E-state index in [1.54, 1.807) is 11.8 Å². The zero-order chi connectivity index (χ0) is 15.5. The molecule has 114 valence electrons. The molecule has 1 heterocycles. The number of fused-ring (bicyclic) bond motifs is 1. The van der Waals surface area contributed by atoms with Crippen LogP contribution < -0.4 is 10.6 Å². The first kappa shape index (κ1) is 15.3. The molecule has 2 aromatic rings. The van der Waals surface area contributed by atoms with E-state index in [1.165, 1.54) is 10.5 Å². The first-order chi connectivity index (χ1) is 10.6. The Morgan fingerprint density at radius 3 is 2.77 bits per heavy atom. The minimum Gasteiger partial charge on any atom is -0.331 e. The lowest BCUT2D eigenvalue weighted by Gasteiger charge is -2.26. The third kappa shape index (κ3) is 3.57. The molecule has 0 bridgehead atoms. The van der Waals surface area contributed by atoms with Gasteiger partial charge in [-0.05, 0) is 49.2 Å². The molecule has 0 spiro atoms. The van der Waals surface area contributed by atoms with Crippen molar-refractivity contribution in [1.29, 1.82) is 0 Å². The first-order valence-corrected chi connectivity index (χ1v) is 8.54. The van der Waals surface area contributed by atoms with Crippen molar-refractivity contribution in [3.8, 4) is 0 Å². The number of benzene rings is 2. The molecule has 1 atom stereocenters. The van der Waals surface area contributed by atoms with Crippen molar-refractivity contribution in [2.24, 2.45) is 0 Å². The maximum atomic E-state index is 12.2. The van der Waals surface area contributed by atoms with Gasteiger partial charge in [-0.15, -0.1) is 11.8 Å². The summed E-state index contributed by atoms with van der Waals surface area (Å²) in [6.45, 7) is 2.02. The summed E-state index contributed by atoms with van der Waals surface area (Å²) >= 11 is 7.89. The highest BCUT2D eigenvalue weighted by Gasteiger charge is 2.22. The van der Waals surface area contributed by atoms with Crippen LogP contribution in [-0.2, 0) is 0 Å². The van der Waals surface area contributed by atoms with E-state index in [4.69, 9.17) is 11.6 Å². The predicted molar refractivity (Wildman–Crippen MR) is 92.9 cm³/mol. The molecule has 0 aromatic heterocycles. The Morgan fingerprint density at radius 2 is 2.00 bits per heavy atom. The summed E-state index contributed by atoms with van der Waals surface area (Å²) in [5.41, 5.74) is 3.06. The van der Waals surface area contributed by atoms with Crippen molar-refractivity contribution in [2.75, 3.05) is 11.1 Å². The largest absolute Gasteiger partial charge is 0.331 e. The third-order valence-electron chi connectivity index (χ3n) is 3.63. The second kappa shape index (κ2) is 6.63. The van der Waals surface area contributed by atoms with Crippen LogP contribution in [0.5, 0.6) is 0 Å². The monoisotopic (exact) mass is 332 g/mol. The second-order valence-corrected chi connectivity index (χ2v) is 6.91. The van der Waals surface area contributed by atoms with Gasteiger partial charge in [-0.1, -0.05) is 29.3 Å². The van der Waals surface area contributed by atoms with E-state index in [9.17, 15) is 4.79 Å². The molecule has 0 saturated carbocycles. The standard InChI is InChI=1S/C17H17ClN2OS/c1-11-2-5-13(6-3-11)19-17(21)20-15-8-9-22-16-7-4-12(18)10-14(15)16/h2-7,10,15H,8-9H2,1H3,(H2,19,20,21)/t15-/m1/s1. The zero-order valence-corrected chi connectivity index (χ0v) is 13.8. The molecular formula is C17H17ClN2OS. The van der Waals surface area contributed by atoms with E-state index in [0.29, 0.717) is 5.02 Å². The van der Waals surface area contributed by atoms with Gasteiger partial charge < -0.3 is 10.6 Å². The Hall–Kier alpha value is -1.65. The first-order valence-electron chi connectivity index (χ1n) is 7.18. The molecule has 1 aliphatic rings. The fraction of sp³-hybridized carbons (Fsp3) is 0.235. The number of urea groups is 1. The van der Waals surface area contributed by atoms with E-state index >= 15 is 0 Å². The summed E-state index contributed by atoms with van der Waals surface area (Å²) in [4.78, 5) is 13.4. The SMILES string of the molecule is Cc1ccc(NC(=O)N[C@@H]2CCSc3ccc(Cl)cc32)cc1. The van der Waals surface area contributed by atoms with Crippen molar-refractivity contribution in [1.82, 2.24) is 5.32 Å². The average Bonchev–Trinajstić information content (AvgIpc) is 2.50. The van der Waals surface area contributed by atoms with Gasteiger partial charge in [0.2, 0.25) is 0 Å². The van der Waals surface area contributed by atoms with Crippen molar-refractivity contribution in [3.63, 3.8) is 0 Å². The molecule has 5 heteroatoms. The lowest BCUT2D eigenvalue weighted by molar-refractivity contribution is 0.248. The summed E-state index contributed by atoms with van der Waals surface area (Å²) < 4.78 is 0. The van der Waals surface area contributed by atoms with E-state index in [1.807, 2.05) is 49.4 Å². The Kier molecular flexibility index (Phi) is 4.60. The van der Waals surface area contributed by atoms with Crippen LogP contribution in [0.1, 0.15) is 23.6 Å². The number of rotatable bonds is 2. The van der Waals surface area contributed by atoms with E-state index in [0.717, 1.165) is 23.4 Å². The molecule has 0 radical (unpaired) electrons. The molecule has 3 nitrogen and oxygen atoms in total. The van der Waals surface area contributed by atoms with Gasteiger partial charge in [-0.2, -0.15) is 0 Å². The zero-order valence-electron chi connectivity index (χ0n) is 12.2. The molecule has 0 fully saturated rings. The highest BCUT2D eigenvalue weighted by molar-refractivity contribution is 7.99. The lowest BCUT2D eigenvalue weighted by Crippen LogP contribution is -2.34. The maximum absolute atomic E-state index is 12.2. The minimum absolute atomic E-state index is 0.000369. The number of aryl methyl sites for hydroxylation is 1. The lowest BCUT2D eigenvalue weighted by atomic mass is 10.0. The number of amides is 2. The molecule has 0 aliphatic carbocycles. The summed E-state index contributed by atoms with van der Waals surface area (Å²) in [6.07, 6.45) is 0.902. The van der Waals surface area contributed by atoms with Gasteiger partial charge in [0.15, 0.2) is 0 Å². The average molecular weight is 333 g/mol. The van der Waals surface area contributed by atoms with E-state index in [-0.39, 0.29) is 12.1 Å². The van der Waals surface area contributed by atoms with Crippen LogP contribution >= 0.6 is 23.4 Å². The number of halogens is 1. The van der Waals surface area contributed by atoms with Crippen LogP contribution in [0, 0.1) is 6.92 Å². The predicted octanol–water partition coefficient (Wildman–Crippen LogP) is 5.01. The molecule has 22 heavy (non-hydrogen) atoms. The Labute approximate surface area is 139 Å². The summed E-state index contributed by atoms with van der Waals surface area (Å²) in [6, 6.07) is 13.4. The molecule has 2 aromatic carbocycles. The van der Waals surface area contributed by atoms with E-state index < -0.39 is 0 Å². The fourth-order valence-electron chi connectivity index (χ4n) is 2.48. The van der Waals surface area contributed by atoms with Crippen LogP contribution in [0.25, 0.3) is 0 Å². The smallest absolute Gasteiger partial charge is 0.319 e. The molecule has 2 amide bonds. The number of thioether (sulfide) groups is 1. The highest BCUT2D eigenvalue weighted by atomic mass is 35.5. The van der Waals surface area contributed by atoms with Gasteiger partial charge >= 0.3 is 6.03 Å². The van der Waals surface area contributed by atoms with Crippen molar-refractivity contribution >= 4 is 35.1 Å². The normalized spacial score (nSPS) is 16.7. The number of hydrogen-bond donors (Lipinski definition) is 2. The van der Waals surface area contributed by atoms with Gasteiger partial charge in [0.1, 0.15) is 0 Å². The van der Waals surface area contributed by atoms with Crippen LogP contribution in [-0.4, -0.2) is 11.8 Å². The topological polar surface area (TPSA) is 41.1 Å². The van der Waals surface area contributed by atoms with Gasteiger partial charge in [0.05, 0.1) is 6.04 Å². The van der Waals surface area contributed by atoms with Gasteiger partial charge in [-0.3, -0.25) is 0 Å². The Morgan fingerprint density at radius 1 is 1.23 bits per heavy atom. The number of anilines is 1. The fourth-order valence-corrected chi connectivity index (χ4v) is 3.76. The van der Waals surface area contributed by atoms with Crippen molar-refractivity contribution < 1.29 is 4.79 Å². The van der Waals surface area contributed by atoms with Crippen LogP contribution in [0.2, 0.25) is 5.02 Å². The number of carbonyl (C=O) groups excluding carboxylic acids is 1. The highest BCUT2D eigenvalue weighted by Crippen LogP contribution is 2.37. The minimum atomic E-state index is -0.188. The maximum Gasteiger partial charge on any atom is 0.319 e. The van der Waals surface area contributed by atoms with Crippen molar-refractivity contribution in [3.05, 3.63) is 58.6 Å². The van der Waals surface area contributed by atoms with Crippen LogP contribution in [0.15, 0.2) is 47.4 Å². The van der Waals surface area contributed by atoms with Crippen molar-refractivity contribution in [2.45, 2.75) is 24.3 Å². The molecule has 3 rings (SSSR count). The van der Waals surface area contributed by atoms with Crippen LogP contribution in [0.4, 0.5) is 10.5 Å². The summed E-state index contributed by atoms with van der Waals surface area (Å²) in [7, 11) is 0. The Bertz CT molecular complexity index is 688. The quantitative estimate of drug-likeness (QED) is 0.811. The third-order valence-corrected chi connectivity index (χ3v) is 4.98. The molecule has 0 unspecified atom stereocenters. The molecule has 1 aliphatic heterocycles. The summed E-state index contributed by atoms with van der Waals surface area (Å²) in [5.74, 6) is 0.990. The molecule has 0 saturated heterocycles. The van der Waals surface area contributed by atoms with Gasteiger partial charge in [0.25, 0.3) is 0 Å². The number of hydrogen-bond acceptors (Lipinski definition) is 2. The number of nitrogens with one attached hydrogen (secondary N) is 2. The van der Waals surface area contributed by atoms with E-state index in [2.05, 4.69) is 10.6 Å². The molecular weight excluding hydrogens is 316 g/mol. The summed E-state index contributed by atoms with van der Waals surface area (Å²) in [5, 5.41) is 6.62. The Balaban J connectivity index is 1.70. The second-order valence-electron chi connectivity index (χ2n) is 5.34. The number of carbonyl (C=O) groups is 1. The van der Waals surface area contributed by atoms with Crippen LogP contribution in [0.3, 0.4) is 0 Å².